The van der Waals surface area contributed by atoms with Gasteiger partial charge in [-0.25, -0.2) is 0 Å². The number of hydrogen-bond donors (Lipinski definition) is 1. The number of allylic oxidation sites excluding steroid dienone is 1. The summed E-state index contributed by atoms with van der Waals surface area (Å²) in [6.45, 7) is 13.1. The van der Waals surface area contributed by atoms with E-state index in [-0.39, 0.29) is 12.1 Å². The van der Waals surface area contributed by atoms with E-state index in [1.54, 1.807) is 5.57 Å². The summed E-state index contributed by atoms with van der Waals surface area (Å²) in [5.74, 6) is 5.18. The van der Waals surface area contributed by atoms with Gasteiger partial charge < -0.3 is 10.5 Å². The Morgan fingerprint density at radius 2 is 1.85 bits per heavy atom. The van der Waals surface area contributed by atoms with Crippen molar-refractivity contribution < 1.29 is 9.53 Å². The van der Waals surface area contributed by atoms with Gasteiger partial charge in [0.15, 0.2) is 0 Å². The van der Waals surface area contributed by atoms with Crippen LogP contribution in [-0.2, 0) is 9.53 Å². The molecule has 0 spiro atoms. The van der Waals surface area contributed by atoms with Crippen molar-refractivity contribution in [2.45, 2.75) is 124 Å². The minimum atomic E-state index is -0.0544. The molecule has 0 aromatic carbocycles. The van der Waals surface area contributed by atoms with Gasteiger partial charge in [-0.15, -0.1) is 0 Å². The van der Waals surface area contributed by atoms with E-state index >= 15 is 0 Å². The zero-order valence-electron chi connectivity index (χ0n) is 22.9. The molecular formula is C31H53NO2. The van der Waals surface area contributed by atoms with Gasteiger partial charge in [-0.3, -0.25) is 4.79 Å². The largest absolute Gasteiger partial charge is 0.462 e. The van der Waals surface area contributed by atoms with E-state index in [0.29, 0.717) is 23.8 Å². The van der Waals surface area contributed by atoms with E-state index in [2.05, 4.69) is 40.7 Å². The molecule has 3 nitrogen and oxygen atoms in total. The van der Waals surface area contributed by atoms with E-state index in [1.165, 1.54) is 57.8 Å². The van der Waals surface area contributed by atoms with E-state index in [0.717, 1.165) is 54.8 Å². The van der Waals surface area contributed by atoms with Crippen LogP contribution in [0.1, 0.15) is 118 Å². The van der Waals surface area contributed by atoms with Gasteiger partial charge in [-0.05, 0) is 104 Å². The van der Waals surface area contributed by atoms with Crippen LogP contribution in [0.5, 0.6) is 0 Å². The quantitative estimate of drug-likeness (QED) is 0.277. The first-order valence-electron chi connectivity index (χ1n) is 14.8. The summed E-state index contributed by atoms with van der Waals surface area (Å²) in [5.41, 5.74) is 8.05. The maximum Gasteiger partial charge on any atom is 0.306 e. The third-order valence-electron chi connectivity index (χ3n) is 11.1. The highest BCUT2D eigenvalue weighted by Gasteiger charge is 2.59. The van der Waals surface area contributed by atoms with Crippen molar-refractivity contribution in [1.29, 1.82) is 0 Å². The lowest BCUT2D eigenvalue weighted by molar-refractivity contribution is -0.151. The number of rotatable bonds is 9. The number of ether oxygens (including phenoxy) is 1. The van der Waals surface area contributed by atoms with E-state index in [4.69, 9.17) is 10.5 Å². The van der Waals surface area contributed by atoms with Gasteiger partial charge in [0.05, 0.1) is 0 Å². The Kier molecular flexibility index (Phi) is 8.22. The summed E-state index contributed by atoms with van der Waals surface area (Å²) in [6, 6.07) is 0. The SMILES string of the molecule is CC(C)CCC[C@@H](C)[C@H]1CC[C@H]2[C@@H]3CC=C4C[C@@H](OC(=O)CCCN)CC[C@]4(C)[C@H]3CC[C@]12C. The van der Waals surface area contributed by atoms with Gasteiger partial charge in [0.1, 0.15) is 6.10 Å². The van der Waals surface area contributed by atoms with Crippen LogP contribution >= 0.6 is 0 Å². The fourth-order valence-electron chi connectivity index (χ4n) is 9.24. The van der Waals surface area contributed by atoms with E-state index in [9.17, 15) is 4.79 Å². The van der Waals surface area contributed by atoms with Gasteiger partial charge in [0.25, 0.3) is 0 Å². The molecule has 0 aliphatic heterocycles. The molecule has 3 saturated carbocycles. The lowest BCUT2D eigenvalue weighted by atomic mass is 9.47. The van der Waals surface area contributed by atoms with Crippen molar-refractivity contribution in [2.75, 3.05) is 6.54 Å². The highest BCUT2D eigenvalue weighted by atomic mass is 16.5. The Morgan fingerprint density at radius 3 is 2.59 bits per heavy atom. The van der Waals surface area contributed by atoms with Crippen molar-refractivity contribution in [3.63, 3.8) is 0 Å². The molecule has 0 aromatic rings. The summed E-state index contributed by atoms with van der Waals surface area (Å²) in [4.78, 5) is 12.2. The molecule has 3 heteroatoms. The van der Waals surface area contributed by atoms with Crippen LogP contribution < -0.4 is 5.73 Å². The number of nitrogens with two attached hydrogens (primary N) is 1. The molecule has 8 atom stereocenters. The molecule has 0 heterocycles. The second-order valence-corrected chi connectivity index (χ2v) is 13.5. The van der Waals surface area contributed by atoms with E-state index in [1.807, 2.05) is 0 Å². The van der Waals surface area contributed by atoms with Crippen molar-refractivity contribution >= 4 is 5.97 Å². The molecule has 4 aliphatic carbocycles. The average Bonchev–Trinajstić information content (AvgIpc) is 3.15. The first-order valence-corrected chi connectivity index (χ1v) is 14.8. The molecule has 4 aliphatic rings. The van der Waals surface area contributed by atoms with Gasteiger partial charge in [0.2, 0.25) is 0 Å². The molecule has 0 saturated heterocycles. The summed E-state index contributed by atoms with van der Waals surface area (Å²) in [7, 11) is 0. The number of carbonyl (C=O) groups excluding carboxylic acids is 1. The van der Waals surface area contributed by atoms with Crippen LogP contribution in [0.2, 0.25) is 0 Å². The Labute approximate surface area is 210 Å². The Bertz CT molecular complexity index is 744. The second-order valence-electron chi connectivity index (χ2n) is 13.5. The Morgan fingerprint density at radius 1 is 1.06 bits per heavy atom. The molecule has 0 aromatic heterocycles. The molecule has 3 fully saturated rings. The summed E-state index contributed by atoms with van der Waals surface area (Å²) in [6.07, 6.45) is 18.3. The third kappa shape index (κ3) is 5.02. The molecule has 0 radical (unpaired) electrons. The number of fused-ring (bicyclic) bond motifs is 5. The van der Waals surface area contributed by atoms with Crippen LogP contribution in [0.3, 0.4) is 0 Å². The van der Waals surface area contributed by atoms with Crippen molar-refractivity contribution in [3.05, 3.63) is 11.6 Å². The highest BCUT2D eigenvalue weighted by Crippen LogP contribution is 2.67. The molecular weight excluding hydrogens is 418 g/mol. The first kappa shape index (κ1) is 26.2. The Hall–Kier alpha value is -0.830. The lowest BCUT2D eigenvalue weighted by Crippen LogP contribution is -2.51. The van der Waals surface area contributed by atoms with Gasteiger partial charge in [-0.1, -0.05) is 65.5 Å². The van der Waals surface area contributed by atoms with Gasteiger partial charge in [0, 0.05) is 12.8 Å². The van der Waals surface area contributed by atoms with E-state index < -0.39 is 0 Å². The maximum atomic E-state index is 12.2. The standard InChI is InChI=1S/C31H53NO2/c1-21(2)8-6-9-22(3)26-13-14-27-25-12-11-23-20-24(34-29(33)10-7-19-32)15-17-30(23,4)28(25)16-18-31(26,27)5/h11,21-22,24-28H,6-10,12-20,32H2,1-5H3/t22-,24+,25+,26-,27+,28+,30+,31-/m1/s1. The van der Waals surface area contributed by atoms with Crippen LogP contribution in [0.15, 0.2) is 11.6 Å². The lowest BCUT2D eigenvalue weighted by Gasteiger charge is -2.58. The fraction of sp³-hybridized carbons (Fsp3) is 0.903. The molecule has 0 bridgehead atoms. The number of esters is 1. The van der Waals surface area contributed by atoms with Crippen LogP contribution in [0.25, 0.3) is 0 Å². The molecule has 4 rings (SSSR count). The smallest absolute Gasteiger partial charge is 0.306 e. The topological polar surface area (TPSA) is 52.3 Å². The van der Waals surface area contributed by atoms with Crippen molar-refractivity contribution in [3.8, 4) is 0 Å². The maximum absolute atomic E-state index is 12.2. The molecule has 194 valence electrons. The predicted molar refractivity (Wildman–Crippen MR) is 141 cm³/mol. The molecule has 34 heavy (non-hydrogen) atoms. The average molecular weight is 472 g/mol. The highest BCUT2D eigenvalue weighted by molar-refractivity contribution is 5.69. The van der Waals surface area contributed by atoms with Gasteiger partial charge >= 0.3 is 5.97 Å². The molecule has 0 unspecified atom stereocenters. The number of hydrogen-bond acceptors (Lipinski definition) is 3. The third-order valence-corrected chi connectivity index (χ3v) is 11.1. The first-order chi connectivity index (χ1) is 16.2. The summed E-state index contributed by atoms with van der Waals surface area (Å²) in [5, 5.41) is 0. The minimum Gasteiger partial charge on any atom is -0.462 e. The van der Waals surface area contributed by atoms with Gasteiger partial charge in [-0.2, -0.15) is 0 Å². The molecule has 2 N–H and O–H groups in total. The van der Waals surface area contributed by atoms with Crippen LogP contribution in [-0.4, -0.2) is 18.6 Å². The Balaban J connectivity index is 1.41. The zero-order valence-corrected chi connectivity index (χ0v) is 22.9. The monoisotopic (exact) mass is 471 g/mol. The van der Waals surface area contributed by atoms with Crippen molar-refractivity contribution in [2.24, 2.45) is 52.1 Å². The zero-order chi connectivity index (χ0) is 24.5. The van der Waals surface area contributed by atoms with Crippen LogP contribution in [0, 0.1) is 46.3 Å². The predicted octanol–water partition coefficient (Wildman–Crippen LogP) is 7.68. The summed E-state index contributed by atoms with van der Waals surface area (Å²) < 4.78 is 5.86. The van der Waals surface area contributed by atoms with Crippen molar-refractivity contribution in [1.82, 2.24) is 0 Å². The van der Waals surface area contributed by atoms with Crippen LogP contribution in [0.4, 0.5) is 0 Å². The normalized spacial score (nSPS) is 40.2. The fourth-order valence-corrected chi connectivity index (χ4v) is 9.24. The molecule has 0 amide bonds. The minimum absolute atomic E-state index is 0.0544. The summed E-state index contributed by atoms with van der Waals surface area (Å²) >= 11 is 0. The number of carbonyl (C=O) groups is 1. The second kappa shape index (κ2) is 10.7.